The number of carbonyl (C=O) groups is 2. The highest BCUT2D eigenvalue weighted by molar-refractivity contribution is 5.94. The number of hydrogen-bond donors (Lipinski definition) is 2. The molecule has 3 amide bonds. The molecule has 9 heteroatoms. The van der Waals surface area contributed by atoms with E-state index in [2.05, 4.69) is 15.6 Å². The second-order valence-electron chi connectivity index (χ2n) is 9.06. The lowest BCUT2D eigenvalue weighted by molar-refractivity contribution is 0.0712. The number of aromatic nitrogens is 2. The van der Waals surface area contributed by atoms with Crippen molar-refractivity contribution >= 4 is 23.3 Å². The highest BCUT2D eigenvalue weighted by Crippen LogP contribution is 2.29. The van der Waals surface area contributed by atoms with Crippen molar-refractivity contribution in [2.24, 2.45) is 0 Å². The summed E-state index contributed by atoms with van der Waals surface area (Å²) in [5.74, 6) is -0.563. The summed E-state index contributed by atoms with van der Waals surface area (Å²) in [6, 6.07) is 16.9. The molecule has 0 spiro atoms. The normalized spacial score (nSPS) is 13.8. The van der Waals surface area contributed by atoms with Crippen molar-refractivity contribution < 1.29 is 14.0 Å². The van der Waals surface area contributed by atoms with Crippen LogP contribution < -0.4 is 10.6 Å². The van der Waals surface area contributed by atoms with Gasteiger partial charge >= 0.3 is 6.03 Å². The average molecular weight is 497 g/mol. The topological polar surface area (TPSA) is 103 Å². The molecule has 5 rings (SSSR count). The van der Waals surface area contributed by atoms with E-state index in [-0.39, 0.29) is 29.0 Å². The molecule has 1 saturated heterocycles. The lowest BCUT2D eigenvalue weighted by Gasteiger charge is -2.32. The van der Waals surface area contributed by atoms with E-state index in [0.717, 1.165) is 35.7 Å². The molecule has 3 heterocycles. The van der Waals surface area contributed by atoms with Crippen LogP contribution in [0.5, 0.6) is 0 Å². The van der Waals surface area contributed by atoms with E-state index in [1.54, 1.807) is 11.1 Å². The molecule has 0 unspecified atom stereocenters. The first-order chi connectivity index (χ1) is 18.0. The second kappa shape index (κ2) is 10.5. The van der Waals surface area contributed by atoms with E-state index in [0.29, 0.717) is 25.3 Å². The molecule has 0 bridgehead atoms. The maximum Gasteiger partial charge on any atom is 0.319 e. The van der Waals surface area contributed by atoms with Gasteiger partial charge in [-0.05, 0) is 72.4 Å². The predicted octanol–water partition coefficient (Wildman–Crippen LogP) is 4.69. The number of benzene rings is 2. The monoisotopic (exact) mass is 496 g/mol. The molecule has 4 aromatic rings. The lowest BCUT2D eigenvalue weighted by Crippen LogP contribution is -2.38. The van der Waals surface area contributed by atoms with Gasteiger partial charge in [0.15, 0.2) is 0 Å². The molecule has 0 radical (unpaired) electrons. The number of fused-ring (bicyclic) bond motifs is 1. The van der Waals surface area contributed by atoms with E-state index >= 15 is 0 Å². The minimum atomic E-state index is -0.588. The molecule has 1 fully saturated rings. The maximum absolute atomic E-state index is 13.7. The number of amides is 3. The minimum Gasteiger partial charge on any atom is -0.339 e. The van der Waals surface area contributed by atoms with Gasteiger partial charge in [-0.2, -0.15) is 5.26 Å². The Labute approximate surface area is 213 Å². The average Bonchev–Trinajstić information content (AvgIpc) is 3.40. The molecular formula is C28H25FN6O2. The van der Waals surface area contributed by atoms with Gasteiger partial charge in [-0.15, -0.1) is 0 Å². The fourth-order valence-electron chi connectivity index (χ4n) is 4.63. The molecule has 0 saturated carbocycles. The van der Waals surface area contributed by atoms with Crippen LogP contribution in [0.4, 0.5) is 14.9 Å². The zero-order valence-electron chi connectivity index (χ0n) is 20.0. The highest BCUT2D eigenvalue weighted by Gasteiger charge is 2.25. The molecule has 37 heavy (non-hydrogen) atoms. The van der Waals surface area contributed by atoms with Crippen LogP contribution in [-0.2, 0) is 6.54 Å². The fourth-order valence-corrected chi connectivity index (χ4v) is 4.63. The maximum atomic E-state index is 13.7. The SMILES string of the molecule is N#Cc1cc(F)cc(C(=O)N2CCC(c3ccc(NC(=O)NCc4ccn5ccnc5c4)cc3)CC2)c1. The Morgan fingerprint density at radius 3 is 2.59 bits per heavy atom. The molecule has 0 atom stereocenters. The van der Waals surface area contributed by atoms with E-state index in [1.165, 1.54) is 12.1 Å². The molecule has 2 aromatic heterocycles. The molecule has 1 aliphatic rings. The first-order valence-corrected chi connectivity index (χ1v) is 12.0. The van der Waals surface area contributed by atoms with E-state index in [9.17, 15) is 14.0 Å². The van der Waals surface area contributed by atoms with Gasteiger partial charge in [-0.3, -0.25) is 4.79 Å². The van der Waals surface area contributed by atoms with Crippen LogP contribution >= 0.6 is 0 Å². The third-order valence-electron chi connectivity index (χ3n) is 6.61. The van der Waals surface area contributed by atoms with Crippen LogP contribution in [-0.4, -0.2) is 39.3 Å². The number of imidazole rings is 1. The number of piperidine rings is 1. The number of nitrogens with zero attached hydrogens (tertiary/aromatic N) is 4. The van der Waals surface area contributed by atoms with Gasteiger partial charge in [-0.1, -0.05) is 12.1 Å². The van der Waals surface area contributed by atoms with Gasteiger partial charge in [0.1, 0.15) is 11.5 Å². The summed E-state index contributed by atoms with van der Waals surface area (Å²) in [5.41, 5.74) is 3.95. The number of hydrogen-bond acceptors (Lipinski definition) is 4. The quantitative estimate of drug-likeness (QED) is 0.419. The number of likely N-dealkylation sites (tertiary alicyclic amines) is 1. The Morgan fingerprint density at radius 2 is 1.84 bits per heavy atom. The van der Waals surface area contributed by atoms with Gasteiger partial charge in [0, 0.05) is 49.5 Å². The van der Waals surface area contributed by atoms with Gasteiger partial charge < -0.3 is 19.9 Å². The van der Waals surface area contributed by atoms with Crippen LogP contribution in [0.3, 0.4) is 0 Å². The Bertz CT molecular complexity index is 1480. The Hall–Kier alpha value is -4.71. The molecule has 8 nitrogen and oxygen atoms in total. The number of carbonyl (C=O) groups excluding carboxylic acids is 2. The van der Waals surface area contributed by atoms with Crippen molar-refractivity contribution in [3.8, 4) is 6.07 Å². The first kappa shape index (κ1) is 24.0. The molecule has 2 N–H and O–H groups in total. The van der Waals surface area contributed by atoms with Crippen LogP contribution in [0.2, 0.25) is 0 Å². The fraction of sp³-hybridized carbons (Fsp3) is 0.214. The summed E-state index contributed by atoms with van der Waals surface area (Å²) in [4.78, 5) is 31.1. The van der Waals surface area contributed by atoms with Crippen molar-refractivity contribution in [1.29, 1.82) is 5.26 Å². The van der Waals surface area contributed by atoms with Gasteiger partial charge in [0.2, 0.25) is 0 Å². The van der Waals surface area contributed by atoms with E-state index < -0.39 is 5.82 Å². The van der Waals surface area contributed by atoms with E-state index in [4.69, 9.17) is 5.26 Å². The smallest absolute Gasteiger partial charge is 0.319 e. The van der Waals surface area contributed by atoms with Gasteiger partial charge in [-0.25, -0.2) is 14.2 Å². The number of nitriles is 1. The largest absolute Gasteiger partial charge is 0.339 e. The Kier molecular flexibility index (Phi) is 6.81. The Morgan fingerprint density at radius 1 is 1.05 bits per heavy atom. The van der Waals surface area contributed by atoms with Crippen LogP contribution in [0.25, 0.3) is 5.65 Å². The summed E-state index contributed by atoms with van der Waals surface area (Å²) in [7, 11) is 0. The predicted molar refractivity (Wildman–Crippen MR) is 136 cm³/mol. The number of halogens is 1. The lowest BCUT2D eigenvalue weighted by atomic mass is 9.89. The van der Waals surface area contributed by atoms with Crippen molar-refractivity contribution in [2.45, 2.75) is 25.3 Å². The molecular weight excluding hydrogens is 471 g/mol. The second-order valence-corrected chi connectivity index (χ2v) is 9.06. The van der Waals surface area contributed by atoms with Crippen molar-refractivity contribution in [3.63, 3.8) is 0 Å². The third-order valence-corrected chi connectivity index (χ3v) is 6.61. The summed E-state index contributed by atoms with van der Waals surface area (Å²) < 4.78 is 15.6. The summed E-state index contributed by atoms with van der Waals surface area (Å²) in [6.45, 7) is 1.49. The number of nitrogens with one attached hydrogen (secondary N) is 2. The number of anilines is 1. The molecule has 1 aliphatic heterocycles. The number of pyridine rings is 1. The van der Waals surface area contributed by atoms with Gasteiger partial charge in [0.05, 0.1) is 11.6 Å². The van der Waals surface area contributed by atoms with Crippen LogP contribution in [0.1, 0.15) is 45.8 Å². The van der Waals surface area contributed by atoms with Crippen molar-refractivity contribution in [1.82, 2.24) is 19.6 Å². The Balaban J connectivity index is 1.11. The highest BCUT2D eigenvalue weighted by atomic mass is 19.1. The molecule has 0 aliphatic carbocycles. The minimum absolute atomic E-state index is 0.136. The number of rotatable bonds is 5. The zero-order chi connectivity index (χ0) is 25.8. The summed E-state index contributed by atoms with van der Waals surface area (Å²) in [5, 5.41) is 14.7. The number of urea groups is 1. The van der Waals surface area contributed by atoms with Crippen molar-refractivity contribution in [3.05, 3.63) is 101 Å². The first-order valence-electron chi connectivity index (χ1n) is 12.0. The molecule has 186 valence electrons. The third kappa shape index (κ3) is 5.59. The van der Waals surface area contributed by atoms with Crippen LogP contribution in [0, 0.1) is 17.1 Å². The van der Waals surface area contributed by atoms with Crippen molar-refractivity contribution in [2.75, 3.05) is 18.4 Å². The molecule has 2 aromatic carbocycles. The van der Waals surface area contributed by atoms with Crippen LogP contribution in [0.15, 0.2) is 73.2 Å². The summed E-state index contributed by atoms with van der Waals surface area (Å²) >= 11 is 0. The zero-order valence-corrected chi connectivity index (χ0v) is 20.0. The van der Waals surface area contributed by atoms with E-state index in [1.807, 2.05) is 59.3 Å². The standard InChI is InChI=1S/C28H25FN6O2/c29-24-14-20(17-30)13-23(16-24)27(36)35-10-6-22(7-11-35)21-1-3-25(4-2-21)33-28(37)32-18-19-5-9-34-12-8-31-26(34)15-19/h1-5,8-9,12-16,22H,6-7,10-11,18H2,(H2,32,33,37). The summed E-state index contributed by atoms with van der Waals surface area (Å²) in [6.07, 6.45) is 7.05. The van der Waals surface area contributed by atoms with Gasteiger partial charge in [0.25, 0.3) is 5.91 Å².